The molecule has 0 saturated heterocycles. The maximum absolute atomic E-state index is 11.8. The van der Waals surface area contributed by atoms with Crippen molar-refractivity contribution in [3.63, 3.8) is 0 Å². The molecule has 0 spiro atoms. The largest absolute Gasteiger partial charge is 0.325 e. The van der Waals surface area contributed by atoms with Crippen LogP contribution in [0.5, 0.6) is 0 Å². The molecule has 0 aliphatic carbocycles. The number of nitrogens with zero attached hydrogens (tertiary/aromatic N) is 2. The lowest BCUT2D eigenvalue weighted by Gasteiger charge is -2.05. The first-order valence-corrected chi connectivity index (χ1v) is 7.49. The first-order chi connectivity index (χ1) is 9.67. The molecule has 0 fully saturated rings. The Morgan fingerprint density at radius 3 is 2.95 bits per heavy atom. The summed E-state index contributed by atoms with van der Waals surface area (Å²) in [5, 5.41) is 12.3. The van der Waals surface area contributed by atoms with E-state index in [0.29, 0.717) is 11.3 Å². The molecular formula is C14H10BrN3OS. The van der Waals surface area contributed by atoms with E-state index in [-0.39, 0.29) is 11.7 Å². The predicted molar refractivity (Wildman–Crippen MR) is 82.4 cm³/mol. The normalized spacial score (nSPS) is 9.80. The minimum atomic E-state index is -0.130. The fourth-order valence-corrected chi connectivity index (χ4v) is 2.33. The van der Waals surface area contributed by atoms with Gasteiger partial charge in [0.15, 0.2) is 0 Å². The third-order valence-corrected chi connectivity index (χ3v) is 3.74. The number of thioether (sulfide) groups is 1. The molecule has 0 unspecified atom stereocenters. The first kappa shape index (κ1) is 14.6. The van der Waals surface area contributed by atoms with Crippen molar-refractivity contribution in [2.24, 2.45) is 0 Å². The van der Waals surface area contributed by atoms with E-state index in [1.165, 1.54) is 11.8 Å². The van der Waals surface area contributed by atoms with Gasteiger partial charge in [0.1, 0.15) is 0 Å². The number of hydrogen-bond donors (Lipinski definition) is 1. The van der Waals surface area contributed by atoms with Gasteiger partial charge in [-0.05, 0) is 46.3 Å². The number of benzene rings is 1. The number of aromatic nitrogens is 1. The van der Waals surface area contributed by atoms with E-state index < -0.39 is 0 Å². The van der Waals surface area contributed by atoms with E-state index in [2.05, 4.69) is 26.2 Å². The molecule has 2 aromatic rings. The SMILES string of the molecule is N#Cc1cccc(NC(=O)CSc2ccc(Br)cn2)c1. The number of halogens is 1. The van der Waals surface area contributed by atoms with Gasteiger partial charge in [0.05, 0.1) is 22.4 Å². The summed E-state index contributed by atoms with van der Waals surface area (Å²) >= 11 is 4.66. The average Bonchev–Trinajstić information content (AvgIpc) is 2.47. The molecular weight excluding hydrogens is 338 g/mol. The summed E-state index contributed by atoms with van der Waals surface area (Å²) in [7, 11) is 0. The van der Waals surface area contributed by atoms with Gasteiger partial charge in [-0.1, -0.05) is 17.8 Å². The van der Waals surface area contributed by atoms with Gasteiger partial charge in [-0.3, -0.25) is 4.79 Å². The summed E-state index contributed by atoms with van der Waals surface area (Å²) in [4.78, 5) is 16.0. The van der Waals surface area contributed by atoms with Gasteiger partial charge in [-0.25, -0.2) is 4.98 Å². The van der Waals surface area contributed by atoms with Crippen LogP contribution in [-0.4, -0.2) is 16.6 Å². The van der Waals surface area contributed by atoms with Crippen LogP contribution in [0.1, 0.15) is 5.56 Å². The van der Waals surface area contributed by atoms with Crippen LogP contribution in [0.15, 0.2) is 52.1 Å². The monoisotopic (exact) mass is 347 g/mol. The highest BCUT2D eigenvalue weighted by atomic mass is 79.9. The van der Waals surface area contributed by atoms with Crippen molar-refractivity contribution in [3.8, 4) is 6.07 Å². The number of carbonyl (C=O) groups excluding carboxylic acids is 1. The highest BCUT2D eigenvalue weighted by Crippen LogP contribution is 2.18. The highest BCUT2D eigenvalue weighted by Gasteiger charge is 2.05. The Bertz CT molecular complexity index is 652. The lowest BCUT2D eigenvalue weighted by atomic mass is 10.2. The maximum Gasteiger partial charge on any atom is 0.234 e. The molecule has 4 nitrogen and oxygen atoms in total. The van der Waals surface area contributed by atoms with Gasteiger partial charge in [-0.2, -0.15) is 5.26 Å². The maximum atomic E-state index is 11.8. The van der Waals surface area contributed by atoms with Crippen molar-refractivity contribution < 1.29 is 4.79 Å². The second kappa shape index (κ2) is 7.08. The van der Waals surface area contributed by atoms with Crippen molar-refractivity contribution in [1.29, 1.82) is 5.26 Å². The molecule has 0 aliphatic rings. The zero-order valence-electron chi connectivity index (χ0n) is 10.3. The second-order valence-corrected chi connectivity index (χ2v) is 5.76. The van der Waals surface area contributed by atoms with E-state index >= 15 is 0 Å². The molecule has 2 rings (SSSR count). The topological polar surface area (TPSA) is 65.8 Å². The molecule has 0 saturated carbocycles. The first-order valence-electron chi connectivity index (χ1n) is 5.72. The number of nitriles is 1. The van der Waals surface area contributed by atoms with Crippen LogP contribution < -0.4 is 5.32 Å². The molecule has 100 valence electrons. The molecule has 0 bridgehead atoms. The van der Waals surface area contributed by atoms with Gasteiger partial charge in [0.25, 0.3) is 0 Å². The zero-order valence-corrected chi connectivity index (χ0v) is 12.7. The molecule has 1 aromatic heterocycles. The van der Waals surface area contributed by atoms with Crippen molar-refractivity contribution in [2.45, 2.75) is 5.03 Å². The molecule has 1 N–H and O–H groups in total. The van der Waals surface area contributed by atoms with Crippen LogP contribution in [-0.2, 0) is 4.79 Å². The quantitative estimate of drug-likeness (QED) is 0.860. The number of anilines is 1. The van der Waals surface area contributed by atoms with Gasteiger partial charge in [0.2, 0.25) is 5.91 Å². The number of hydrogen-bond acceptors (Lipinski definition) is 4. The number of rotatable bonds is 4. The molecule has 0 radical (unpaired) electrons. The smallest absolute Gasteiger partial charge is 0.234 e. The van der Waals surface area contributed by atoms with Gasteiger partial charge >= 0.3 is 0 Å². The molecule has 1 aromatic carbocycles. The van der Waals surface area contributed by atoms with Crippen molar-refractivity contribution in [3.05, 3.63) is 52.6 Å². The average molecular weight is 348 g/mol. The summed E-state index contributed by atoms with van der Waals surface area (Å²) in [5.74, 6) is 0.139. The Balaban J connectivity index is 1.89. The van der Waals surface area contributed by atoms with Crippen molar-refractivity contribution >= 4 is 39.3 Å². The number of carbonyl (C=O) groups is 1. The molecule has 1 heterocycles. The Labute approximate surface area is 129 Å². The number of amides is 1. The molecule has 1 amide bonds. The third-order valence-electron chi connectivity index (χ3n) is 2.33. The number of pyridine rings is 1. The summed E-state index contributed by atoms with van der Waals surface area (Å²) in [6, 6.07) is 12.6. The fourth-order valence-electron chi connectivity index (χ4n) is 1.45. The predicted octanol–water partition coefficient (Wildman–Crippen LogP) is 3.45. The minimum Gasteiger partial charge on any atom is -0.325 e. The highest BCUT2D eigenvalue weighted by molar-refractivity contribution is 9.10. The van der Waals surface area contributed by atoms with E-state index in [4.69, 9.17) is 5.26 Å². The van der Waals surface area contributed by atoms with Crippen LogP contribution in [0.3, 0.4) is 0 Å². The van der Waals surface area contributed by atoms with Crippen molar-refractivity contribution in [2.75, 3.05) is 11.1 Å². The Kier molecular flexibility index (Phi) is 5.16. The molecule has 0 atom stereocenters. The summed E-state index contributed by atoms with van der Waals surface area (Å²) in [6.07, 6.45) is 1.69. The number of nitrogens with one attached hydrogen (secondary N) is 1. The van der Waals surface area contributed by atoms with E-state index in [9.17, 15) is 4.79 Å². The molecule has 20 heavy (non-hydrogen) atoms. The Morgan fingerprint density at radius 2 is 2.25 bits per heavy atom. The minimum absolute atomic E-state index is 0.130. The Morgan fingerprint density at radius 1 is 1.40 bits per heavy atom. The second-order valence-electron chi connectivity index (χ2n) is 3.84. The standard InChI is InChI=1S/C14H10BrN3OS/c15-11-4-5-14(17-8-11)20-9-13(19)18-12-3-1-2-10(6-12)7-16/h1-6,8H,9H2,(H,18,19). The van der Waals surface area contributed by atoms with Gasteiger partial charge < -0.3 is 5.32 Å². The third kappa shape index (κ3) is 4.37. The molecule has 6 heteroatoms. The van der Waals surface area contributed by atoms with E-state index in [1.54, 1.807) is 30.5 Å². The summed E-state index contributed by atoms with van der Waals surface area (Å²) in [6.45, 7) is 0. The van der Waals surface area contributed by atoms with Crippen LogP contribution in [0.2, 0.25) is 0 Å². The van der Waals surface area contributed by atoms with Crippen molar-refractivity contribution in [1.82, 2.24) is 4.98 Å². The van der Waals surface area contributed by atoms with Crippen LogP contribution in [0.4, 0.5) is 5.69 Å². The fraction of sp³-hybridized carbons (Fsp3) is 0.0714. The lowest BCUT2D eigenvalue weighted by Crippen LogP contribution is -2.14. The van der Waals surface area contributed by atoms with Crippen LogP contribution in [0, 0.1) is 11.3 Å². The Hall–Kier alpha value is -1.84. The summed E-state index contributed by atoms with van der Waals surface area (Å²) < 4.78 is 0.902. The van der Waals surface area contributed by atoms with Crippen LogP contribution >= 0.6 is 27.7 Å². The van der Waals surface area contributed by atoms with Gasteiger partial charge in [-0.15, -0.1) is 0 Å². The summed E-state index contributed by atoms with van der Waals surface area (Å²) in [5.41, 5.74) is 1.14. The van der Waals surface area contributed by atoms with Gasteiger partial charge in [0, 0.05) is 16.4 Å². The lowest BCUT2D eigenvalue weighted by molar-refractivity contribution is -0.113. The van der Waals surface area contributed by atoms with Crippen LogP contribution in [0.25, 0.3) is 0 Å². The zero-order chi connectivity index (χ0) is 14.4. The van der Waals surface area contributed by atoms with E-state index in [1.807, 2.05) is 18.2 Å². The van der Waals surface area contributed by atoms with E-state index in [0.717, 1.165) is 9.50 Å². The molecule has 0 aliphatic heterocycles.